The highest BCUT2D eigenvalue weighted by Gasteiger charge is 2.64. The summed E-state index contributed by atoms with van der Waals surface area (Å²) in [4.78, 5) is 61.0. The monoisotopic (exact) mass is 1530 g/mol. The van der Waals surface area contributed by atoms with Crippen molar-refractivity contribution in [2.75, 3.05) is 6.61 Å². The second kappa shape index (κ2) is 39.6. The SMILES string of the molecule is CC1(C)OB(B2OC(C)(C)C(C)(C)O2)OC1(C)C.CCO.Cc1cc(-c2ncc(C=NO)cc2C)ccn1.Cc1cc(-c2ncc(C=O)cc2C)ccn1.Cc1cc(-c2ncc(CNCl)cc2C)ccn1.Cc1cc(B2OC(C)(C)C(C)(C)O2)ccn1.Cc1cc(Br)ccn1.Cc1cc(C=O)cnc1Cl. The van der Waals surface area contributed by atoms with Crippen molar-refractivity contribution >= 4 is 84.7 Å². The molecule has 0 aromatic carbocycles. The van der Waals surface area contributed by atoms with E-state index >= 15 is 0 Å². The Kier molecular flexibility index (Phi) is 33.1. The molecule has 3 fully saturated rings. The van der Waals surface area contributed by atoms with Gasteiger partial charge in [0.25, 0.3) is 0 Å². The van der Waals surface area contributed by atoms with Gasteiger partial charge in [0.05, 0.1) is 56.9 Å². The van der Waals surface area contributed by atoms with E-state index in [4.69, 9.17) is 61.6 Å². The maximum atomic E-state index is 10.6. The van der Waals surface area contributed by atoms with Crippen molar-refractivity contribution in [3.05, 3.63) is 223 Å². The van der Waals surface area contributed by atoms with Gasteiger partial charge in [0, 0.05) is 135 Å². The van der Waals surface area contributed by atoms with Gasteiger partial charge in [-0.1, -0.05) is 38.8 Å². The van der Waals surface area contributed by atoms with Crippen LogP contribution in [0.4, 0.5) is 0 Å². The number of nitrogens with zero attached hydrogens (tertiary/aromatic N) is 10. The zero-order chi connectivity index (χ0) is 78.3. The number of hydrogen-bond donors (Lipinski definition) is 3. The molecule has 9 aromatic rings. The molecule has 0 aliphatic carbocycles. The highest BCUT2D eigenvalue weighted by Crippen LogP contribution is 2.43. The Labute approximate surface area is 639 Å². The maximum absolute atomic E-state index is 10.6. The van der Waals surface area contributed by atoms with Crippen molar-refractivity contribution in [3.63, 3.8) is 0 Å². The van der Waals surface area contributed by atoms with Crippen molar-refractivity contribution < 1.29 is 47.8 Å². The van der Waals surface area contributed by atoms with E-state index in [1.54, 1.807) is 56.4 Å². The van der Waals surface area contributed by atoms with E-state index in [2.05, 4.69) is 111 Å². The van der Waals surface area contributed by atoms with Gasteiger partial charge in [-0.2, -0.15) is 0 Å². The van der Waals surface area contributed by atoms with Crippen molar-refractivity contribution in [1.82, 2.24) is 49.7 Å². The van der Waals surface area contributed by atoms with E-state index in [1.165, 1.54) is 12.4 Å². The first kappa shape index (κ1) is 87.7. The summed E-state index contributed by atoms with van der Waals surface area (Å²) in [6.45, 7) is 44.6. The zero-order valence-corrected chi connectivity index (χ0v) is 67.5. The van der Waals surface area contributed by atoms with Crippen LogP contribution in [0.2, 0.25) is 5.15 Å². The number of carbonyl (C=O) groups is 2. The minimum atomic E-state index is -0.476. The Bertz CT molecular complexity index is 4270. The van der Waals surface area contributed by atoms with Crippen LogP contribution in [0.25, 0.3) is 33.8 Å². The molecule has 3 saturated heterocycles. The number of nitrogens with one attached hydrogen (secondary N) is 1. The summed E-state index contributed by atoms with van der Waals surface area (Å²) in [5, 5.41) is 19.5. The molecular weight excluding hydrogens is 1430 g/mol. The molecule has 0 unspecified atom stereocenters. The van der Waals surface area contributed by atoms with Gasteiger partial charge in [0.1, 0.15) is 5.15 Å². The Morgan fingerprint density at radius 1 is 0.457 bits per heavy atom. The van der Waals surface area contributed by atoms with Crippen LogP contribution in [0, 0.1) is 62.3 Å². The summed E-state index contributed by atoms with van der Waals surface area (Å²) in [6, 6.07) is 27.2. The lowest BCUT2D eigenvalue weighted by atomic mass is 9.49. The largest absolute Gasteiger partial charge is 0.494 e. The third kappa shape index (κ3) is 25.9. The van der Waals surface area contributed by atoms with Gasteiger partial charge in [0.2, 0.25) is 0 Å². The van der Waals surface area contributed by atoms with Crippen molar-refractivity contribution in [3.8, 4) is 33.8 Å². The number of halogens is 3. The van der Waals surface area contributed by atoms with E-state index in [1.807, 2.05) is 190 Å². The fourth-order valence-corrected chi connectivity index (χ4v) is 10.7. The fraction of sp³-hybridized carbons (Fsp3) is 0.385. The Hall–Kier alpha value is -7.91. The van der Waals surface area contributed by atoms with Crippen LogP contribution < -0.4 is 10.3 Å². The summed E-state index contributed by atoms with van der Waals surface area (Å²) >= 11 is 14.4. The molecule has 3 N–H and O–H groups in total. The Morgan fingerprint density at radius 3 is 1.12 bits per heavy atom. The number of aryl methyl sites for hydroxylation is 9. The van der Waals surface area contributed by atoms with Crippen LogP contribution in [0.5, 0.6) is 0 Å². The maximum Gasteiger partial charge on any atom is 0.494 e. The average Bonchev–Trinajstić information content (AvgIpc) is 1.60. The number of aliphatic hydroxyl groups excluding tert-OH is 1. The molecule has 27 heteroatoms. The first-order chi connectivity index (χ1) is 49.2. The molecule has 12 heterocycles. The normalized spacial score (nSPS) is 15.7. The average molecular weight is 1530 g/mol. The number of hydrogen-bond acceptors (Lipinski definition) is 21. The molecule has 0 saturated carbocycles. The van der Waals surface area contributed by atoms with Gasteiger partial charge >= 0.3 is 21.1 Å². The standard InChI is InChI=1S/C13H14ClN3.C13H13N3O.C13H12N2O.C12H24B2O4.C12H18BNO2.C7H6ClNO.C6H6BrN.C2H6O/c1-9-5-11(8-17-14)7-16-13(9)12-3-4-15-10(2)6-12;1-9-5-11(8-16-17)7-15-13(9)12-3-4-14-10(2)6-12;1-9-5-11(8-16)7-15-13(9)12-3-4-14-10(2)6-12;1-9(2)10(3,4)16-13(15-9)14-17-11(5,6)12(7,8)18-14;1-9-8-10(6-7-14-9)13-15-11(2,3)12(4,5)16-13;1-5-2-6(4-10)3-9-7(5)8;1-5-4-6(7)2-3-8-5;1-2-3/h3-7,17H,8H2,1-2H3;3-8,17H,1-2H3;3-8H,1-2H3;1-8H3;6-8H,1-5H3;2-4H,1H3;2-4H,1H3;3H,2H2,1H3. The van der Waals surface area contributed by atoms with Gasteiger partial charge in [-0.25, -0.2) is 9.82 Å². The molecule has 3 aliphatic rings. The summed E-state index contributed by atoms with van der Waals surface area (Å²) in [5.74, 6) is 0. The first-order valence-corrected chi connectivity index (χ1v) is 35.7. The number of rotatable bonds is 10. The predicted molar refractivity (Wildman–Crippen MR) is 424 cm³/mol. The van der Waals surface area contributed by atoms with Crippen LogP contribution >= 0.6 is 39.3 Å². The van der Waals surface area contributed by atoms with Gasteiger partial charge in [-0.15, -0.1) is 0 Å². The minimum Gasteiger partial charge on any atom is -0.411 e. The van der Waals surface area contributed by atoms with Crippen LogP contribution in [0.1, 0.15) is 173 Å². The summed E-state index contributed by atoms with van der Waals surface area (Å²) < 4.78 is 36.8. The Morgan fingerprint density at radius 2 is 0.790 bits per heavy atom. The molecule has 21 nitrogen and oxygen atoms in total. The second-order valence-electron chi connectivity index (χ2n) is 28.1. The molecule has 105 heavy (non-hydrogen) atoms. The van der Waals surface area contributed by atoms with E-state index in [0.717, 1.165) is 118 Å². The van der Waals surface area contributed by atoms with Crippen molar-refractivity contribution in [2.24, 2.45) is 5.16 Å². The lowest BCUT2D eigenvalue weighted by molar-refractivity contribution is 0.00578. The molecule has 556 valence electrons. The third-order valence-electron chi connectivity index (χ3n) is 17.7. The highest BCUT2D eigenvalue weighted by molar-refractivity contribution is 9.10. The van der Waals surface area contributed by atoms with Crippen LogP contribution in [-0.2, 0) is 34.5 Å². The number of pyridine rings is 9. The van der Waals surface area contributed by atoms with Gasteiger partial charge in [-0.3, -0.25) is 49.5 Å². The molecule has 3 aliphatic heterocycles. The molecule has 0 radical (unpaired) electrons. The molecule has 9 aromatic heterocycles. The molecule has 0 spiro atoms. The Balaban J connectivity index is 0.000000221. The van der Waals surface area contributed by atoms with Gasteiger partial charge < -0.3 is 38.2 Å². The number of aromatic nitrogens is 9. The van der Waals surface area contributed by atoms with Crippen molar-refractivity contribution in [1.29, 1.82) is 0 Å². The van der Waals surface area contributed by atoms with E-state index in [0.29, 0.717) is 22.8 Å². The second-order valence-corrected chi connectivity index (χ2v) is 29.6. The van der Waals surface area contributed by atoms with Gasteiger partial charge in [0.15, 0.2) is 12.6 Å². The molecule has 0 atom stereocenters. The molecule has 12 rings (SSSR count). The topological polar surface area (TPSA) is 270 Å². The number of oxime groups is 1. The zero-order valence-electron chi connectivity index (χ0n) is 64.4. The summed E-state index contributed by atoms with van der Waals surface area (Å²) in [6.07, 6.45) is 18.4. The number of aldehydes is 2. The lowest BCUT2D eigenvalue weighted by Gasteiger charge is -2.32. The fourth-order valence-electron chi connectivity index (χ4n) is 10.0. The third-order valence-corrected chi connectivity index (χ3v) is 18.7. The quantitative estimate of drug-likeness (QED) is 0.0218. The smallest absolute Gasteiger partial charge is 0.411 e. The van der Waals surface area contributed by atoms with E-state index in [9.17, 15) is 9.59 Å². The predicted octanol–water partition coefficient (Wildman–Crippen LogP) is 16.1. The van der Waals surface area contributed by atoms with Crippen molar-refractivity contribution in [2.45, 2.75) is 192 Å². The molecule has 0 amide bonds. The van der Waals surface area contributed by atoms with Crippen LogP contribution in [0.15, 0.2) is 150 Å². The van der Waals surface area contributed by atoms with E-state index < -0.39 is 14.0 Å². The first-order valence-electron chi connectivity index (χ1n) is 34.2. The number of carbonyl (C=O) groups excluding carboxylic acids is 2. The summed E-state index contributed by atoms with van der Waals surface area (Å²) in [5.41, 5.74) is 17.0. The van der Waals surface area contributed by atoms with Gasteiger partial charge in [-0.05, 0) is 276 Å². The van der Waals surface area contributed by atoms with Crippen LogP contribution in [0.3, 0.4) is 0 Å². The minimum absolute atomic E-state index is 0.250. The highest BCUT2D eigenvalue weighted by atomic mass is 79.9. The molecular formula is C78H99B3BrCl2N11O10. The van der Waals surface area contributed by atoms with E-state index in [-0.39, 0.29) is 47.3 Å². The van der Waals surface area contributed by atoms with Crippen LogP contribution in [-0.4, -0.2) is 135 Å². The number of aliphatic hydroxyl groups is 1. The molecule has 0 bridgehead atoms. The summed E-state index contributed by atoms with van der Waals surface area (Å²) in [7, 11) is -1.24. The lowest BCUT2D eigenvalue weighted by Crippen LogP contribution is -2.41.